The molecule has 8 heteroatoms. The van der Waals surface area contributed by atoms with E-state index in [1.807, 2.05) is 0 Å². The van der Waals surface area contributed by atoms with Gasteiger partial charge in [-0.2, -0.15) is 0 Å². The van der Waals surface area contributed by atoms with Gasteiger partial charge < -0.3 is 16.2 Å². The van der Waals surface area contributed by atoms with Crippen LogP contribution in [0.4, 0.5) is 5.69 Å². The molecule has 0 atom stereocenters. The molecular formula is C12H13N3O5. The zero-order valence-corrected chi connectivity index (χ0v) is 10.6. The van der Waals surface area contributed by atoms with Crippen LogP contribution in [0.3, 0.4) is 0 Å². The van der Waals surface area contributed by atoms with Crippen LogP contribution in [-0.4, -0.2) is 21.9 Å². The zero-order valence-electron chi connectivity index (χ0n) is 10.6. The minimum Gasteiger partial charge on any atom is -0.477 e. The minimum absolute atomic E-state index is 0.00219. The van der Waals surface area contributed by atoms with E-state index < -0.39 is 16.8 Å². The number of carboxylic acids is 1. The summed E-state index contributed by atoms with van der Waals surface area (Å²) in [5.41, 5.74) is 5.43. The lowest BCUT2D eigenvalue weighted by Crippen LogP contribution is -2.24. The predicted molar refractivity (Wildman–Crippen MR) is 70.4 cm³/mol. The maximum Gasteiger partial charge on any atom is 0.352 e. The molecule has 106 valence electrons. The van der Waals surface area contributed by atoms with Crippen molar-refractivity contribution in [2.24, 2.45) is 5.73 Å². The Hall–Kier alpha value is -2.74. The number of amides is 1. The van der Waals surface area contributed by atoms with Crippen molar-refractivity contribution in [3.05, 3.63) is 45.1 Å². The van der Waals surface area contributed by atoms with Gasteiger partial charge in [0.25, 0.3) is 5.69 Å². The average Bonchev–Trinajstić information content (AvgIpc) is 2.37. The smallest absolute Gasteiger partial charge is 0.352 e. The van der Waals surface area contributed by atoms with Gasteiger partial charge in [0.1, 0.15) is 5.70 Å². The second-order valence-electron chi connectivity index (χ2n) is 3.89. The Balaban J connectivity index is 3.25. The van der Waals surface area contributed by atoms with Crippen LogP contribution in [0.2, 0.25) is 0 Å². The first kappa shape index (κ1) is 15.3. The first-order valence-electron chi connectivity index (χ1n) is 5.55. The Labute approximate surface area is 114 Å². The lowest BCUT2D eigenvalue weighted by molar-refractivity contribution is -0.385. The molecular weight excluding hydrogens is 266 g/mol. The first-order chi connectivity index (χ1) is 9.35. The summed E-state index contributed by atoms with van der Waals surface area (Å²) in [6, 6.07) is 4.13. The van der Waals surface area contributed by atoms with Crippen molar-refractivity contribution in [1.29, 1.82) is 0 Å². The summed E-state index contributed by atoms with van der Waals surface area (Å²) in [5.74, 6) is -1.89. The van der Waals surface area contributed by atoms with E-state index in [1.54, 1.807) is 0 Å². The molecule has 8 nitrogen and oxygen atoms in total. The van der Waals surface area contributed by atoms with Crippen molar-refractivity contribution in [3.8, 4) is 0 Å². The van der Waals surface area contributed by atoms with E-state index in [4.69, 9.17) is 10.8 Å². The highest BCUT2D eigenvalue weighted by Crippen LogP contribution is 2.21. The summed E-state index contributed by atoms with van der Waals surface area (Å²) in [4.78, 5) is 32.1. The third-order valence-corrected chi connectivity index (χ3v) is 2.38. The molecule has 4 N–H and O–H groups in total. The number of hydrogen-bond acceptors (Lipinski definition) is 5. The van der Waals surface area contributed by atoms with Crippen LogP contribution in [0, 0.1) is 10.1 Å². The van der Waals surface area contributed by atoms with Crippen LogP contribution >= 0.6 is 0 Å². The Morgan fingerprint density at radius 3 is 2.60 bits per heavy atom. The summed E-state index contributed by atoms with van der Waals surface area (Å²) in [7, 11) is 0. The number of carbonyl (C=O) groups is 2. The fourth-order valence-corrected chi connectivity index (χ4v) is 1.52. The SMILES string of the molecule is CC(=O)N/C(=C\c1ccc(CN)c([N+](=O)[O-])c1)C(=O)O. The van der Waals surface area contributed by atoms with Gasteiger partial charge in [-0.05, 0) is 11.6 Å². The van der Waals surface area contributed by atoms with Crippen molar-refractivity contribution in [3.63, 3.8) is 0 Å². The topological polar surface area (TPSA) is 136 Å². The summed E-state index contributed by atoms with van der Waals surface area (Å²) in [5, 5.41) is 21.9. The van der Waals surface area contributed by atoms with E-state index in [0.717, 1.165) is 13.0 Å². The lowest BCUT2D eigenvalue weighted by atomic mass is 10.1. The van der Waals surface area contributed by atoms with E-state index in [1.165, 1.54) is 18.2 Å². The number of rotatable bonds is 5. The number of nitrogens with two attached hydrogens (primary N) is 1. The maximum atomic E-state index is 10.9. The number of benzene rings is 1. The molecule has 1 rings (SSSR count). The molecule has 0 saturated heterocycles. The van der Waals surface area contributed by atoms with Gasteiger partial charge in [0, 0.05) is 25.1 Å². The molecule has 20 heavy (non-hydrogen) atoms. The summed E-state index contributed by atoms with van der Waals surface area (Å²) < 4.78 is 0. The third-order valence-electron chi connectivity index (χ3n) is 2.38. The fourth-order valence-electron chi connectivity index (χ4n) is 1.52. The number of carboxylic acid groups (broad SMARTS) is 1. The van der Waals surface area contributed by atoms with Crippen LogP contribution in [0.25, 0.3) is 6.08 Å². The second-order valence-corrected chi connectivity index (χ2v) is 3.89. The monoisotopic (exact) mass is 279 g/mol. The molecule has 0 aliphatic carbocycles. The second kappa shape index (κ2) is 6.43. The van der Waals surface area contributed by atoms with E-state index >= 15 is 0 Å². The molecule has 0 unspecified atom stereocenters. The number of nitrogens with one attached hydrogen (secondary N) is 1. The Kier molecular flexibility index (Phi) is 4.93. The number of nitro groups is 1. The summed E-state index contributed by atoms with van der Waals surface area (Å²) >= 11 is 0. The van der Waals surface area contributed by atoms with Crippen LogP contribution in [-0.2, 0) is 16.1 Å². The number of nitro benzene ring substituents is 1. The van der Waals surface area contributed by atoms with Gasteiger partial charge in [-0.15, -0.1) is 0 Å². The van der Waals surface area contributed by atoms with E-state index in [2.05, 4.69) is 5.32 Å². The van der Waals surface area contributed by atoms with Gasteiger partial charge in [0.2, 0.25) is 5.91 Å². The van der Waals surface area contributed by atoms with Crippen LogP contribution in [0.15, 0.2) is 23.9 Å². The molecule has 0 bridgehead atoms. The molecule has 0 aromatic heterocycles. The molecule has 1 amide bonds. The molecule has 1 aromatic carbocycles. The van der Waals surface area contributed by atoms with Crippen molar-refractivity contribution in [1.82, 2.24) is 5.32 Å². The molecule has 0 spiro atoms. The molecule has 0 fully saturated rings. The van der Waals surface area contributed by atoms with Crippen molar-refractivity contribution in [2.45, 2.75) is 13.5 Å². The number of nitrogens with zero attached hydrogens (tertiary/aromatic N) is 1. The Bertz CT molecular complexity index is 595. The highest BCUT2D eigenvalue weighted by atomic mass is 16.6. The van der Waals surface area contributed by atoms with Gasteiger partial charge in [-0.3, -0.25) is 14.9 Å². The average molecular weight is 279 g/mol. The molecule has 0 saturated carbocycles. The van der Waals surface area contributed by atoms with Crippen LogP contribution < -0.4 is 11.1 Å². The number of hydrogen-bond donors (Lipinski definition) is 3. The highest BCUT2D eigenvalue weighted by Gasteiger charge is 2.14. The molecule has 0 heterocycles. The summed E-state index contributed by atoms with van der Waals surface area (Å²) in [6.07, 6.45) is 1.14. The Morgan fingerprint density at radius 1 is 1.50 bits per heavy atom. The standard InChI is InChI=1S/C12H13N3O5/c1-7(16)14-10(12(17)18)4-8-2-3-9(6-13)11(5-8)15(19)20/h2-5H,6,13H2,1H3,(H,14,16)(H,17,18)/b10-4-. The molecule has 0 aliphatic heterocycles. The number of carbonyl (C=O) groups excluding carboxylic acids is 1. The van der Waals surface area contributed by atoms with E-state index in [-0.39, 0.29) is 23.5 Å². The van der Waals surface area contributed by atoms with Crippen LogP contribution in [0.1, 0.15) is 18.1 Å². The maximum absolute atomic E-state index is 10.9. The lowest BCUT2D eigenvalue weighted by Gasteiger charge is -2.04. The summed E-state index contributed by atoms with van der Waals surface area (Å²) in [6.45, 7) is 1.16. The van der Waals surface area contributed by atoms with Crippen molar-refractivity contribution < 1.29 is 19.6 Å². The van der Waals surface area contributed by atoms with Gasteiger partial charge in [0.15, 0.2) is 0 Å². The molecule has 0 radical (unpaired) electrons. The Morgan fingerprint density at radius 2 is 2.15 bits per heavy atom. The van der Waals surface area contributed by atoms with Gasteiger partial charge in [-0.1, -0.05) is 12.1 Å². The van der Waals surface area contributed by atoms with E-state index in [9.17, 15) is 19.7 Å². The largest absolute Gasteiger partial charge is 0.477 e. The molecule has 0 aliphatic rings. The van der Waals surface area contributed by atoms with Gasteiger partial charge in [-0.25, -0.2) is 4.79 Å². The van der Waals surface area contributed by atoms with Crippen LogP contribution in [0.5, 0.6) is 0 Å². The van der Waals surface area contributed by atoms with Crippen molar-refractivity contribution in [2.75, 3.05) is 0 Å². The minimum atomic E-state index is -1.34. The van der Waals surface area contributed by atoms with Gasteiger partial charge in [0.05, 0.1) is 4.92 Å². The molecule has 1 aromatic rings. The first-order valence-corrected chi connectivity index (χ1v) is 5.55. The number of aliphatic carboxylic acids is 1. The van der Waals surface area contributed by atoms with E-state index in [0.29, 0.717) is 5.56 Å². The predicted octanol–water partition coefficient (Wildman–Crippen LogP) is 0.615. The third kappa shape index (κ3) is 3.89. The van der Waals surface area contributed by atoms with Gasteiger partial charge >= 0.3 is 5.97 Å². The highest BCUT2D eigenvalue weighted by molar-refractivity contribution is 5.96. The normalized spacial score (nSPS) is 11.0. The quantitative estimate of drug-likeness (QED) is 0.410. The zero-order chi connectivity index (χ0) is 15.3. The fraction of sp³-hybridized carbons (Fsp3) is 0.167. The van der Waals surface area contributed by atoms with Crippen molar-refractivity contribution >= 4 is 23.6 Å².